The van der Waals surface area contributed by atoms with Gasteiger partial charge in [-0.05, 0) is 12.5 Å². The van der Waals surface area contributed by atoms with Gasteiger partial charge >= 0.3 is 5.97 Å². The minimum atomic E-state index is -1.28. The smallest absolute Gasteiger partial charge is 0.356 e. The summed E-state index contributed by atoms with van der Waals surface area (Å²) in [5.74, 6) is -0.477. The van der Waals surface area contributed by atoms with Crippen LogP contribution in [0.2, 0.25) is 0 Å². The highest BCUT2D eigenvalue weighted by molar-refractivity contribution is 5.79. The molecule has 1 unspecified atom stereocenters. The fourth-order valence-corrected chi connectivity index (χ4v) is 1.69. The number of hydrogen-bond donors (Lipinski definition) is 1. The van der Waals surface area contributed by atoms with E-state index in [1.54, 1.807) is 6.92 Å². The number of carbonyl (C=O) groups is 1. The summed E-state index contributed by atoms with van der Waals surface area (Å²) in [5, 5.41) is 3.06. The van der Waals surface area contributed by atoms with Crippen LogP contribution >= 0.6 is 0 Å². The third-order valence-electron chi connectivity index (χ3n) is 2.72. The first-order chi connectivity index (χ1) is 9.18. The maximum absolute atomic E-state index is 12.0. The van der Waals surface area contributed by atoms with Gasteiger partial charge in [0.25, 0.3) is 0 Å². The number of hydrogen-bond acceptors (Lipinski definition) is 5. The molecule has 1 N–H and O–H groups in total. The summed E-state index contributed by atoms with van der Waals surface area (Å²) in [5.41, 5.74) is -0.232. The largest absolute Gasteiger partial charge is 0.463 e. The highest BCUT2D eigenvalue weighted by Gasteiger charge is 2.40. The maximum Gasteiger partial charge on any atom is 0.356 e. The summed E-state index contributed by atoms with van der Waals surface area (Å²) < 4.78 is 15.4. The summed E-state index contributed by atoms with van der Waals surface area (Å²) in [6, 6.07) is 9.74. The molecule has 0 saturated carbocycles. The normalized spacial score (nSPS) is 13.8. The van der Waals surface area contributed by atoms with Crippen LogP contribution in [0.15, 0.2) is 30.3 Å². The van der Waals surface area contributed by atoms with Crippen LogP contribution in [0.25, 0.3) is 0 Å². The van der Waals surface area contributed by atoms with E-state index < -0.39 is 11.7 Å². The number of carbonyl (C=O) groups excluding carboxylic acids is 1. The van der Waals surface area contributed by atoms with Crippen LogP contribution in [0, 0.1) is 0 Å². The molecule has 0 radical (unpaired) electrons. The van der Waals surface area contributed by atoms with Crippen molar-refractivity contribution in [2.24, 2.45) is 0 Å². The fraction of sp³-hybridized carbons (Fsp3) is 0.500. The van der Waals surface area contributed by atoms with E-state index in [1.807, 2.05) is 30.3 Å². The summed E-state index contributed by atoms with van der Waals surface area (Å²) in [7, 11) is 2.96. The molecule has 1 aromatic rings. The Labute approximate surface area is 113 Å². The Morgan fingerprint density at radius 1 is 1.26 bits per heavy atom. The SMILES string of the molecule is CCOC(=O)C(COC)(NCc1ccccc1)OC. The van der Waals surface area contributed by atoms with Gasteiger partial charge in [-0.15, -0.1) is 0 Å². The minimum absolute atomic E-state index is 0.0785. The van der Waals surface area contributed by atoms with E-state index in [0.717, 1.165) is 5.56 Å². The third-order valence-corrected chi connectivity index (χ3v) is 2.72. The zero-order chi connectivity index (χ0) is 14.1. The molecule has 0 amide bonds. The van der Waals surface area contributed by atoms with Crippen LogP contribution in [0.4, 0.5) is 0 Å². The standard InChI is InChI=1S/C14H21NO4/c1-4-19-13(16)14(18-3,11-17-2)15-10-12-8-6-5-7-9-12/h5-9,15H,4,10-11H2,1-3H3. The van der Waals surface area contributed by atoms with E-state index in [0.29, 0.717) is 13.2 Å². The minimum Gasteiger partial charge on any atom is -0.463 e. The third kappa shape index (κ3) is 4.31. The Hall–Kier alpha value is -1.43. The van der Waals surface area contributed by atoms with E-state index in [9.17, 15) is 4.79 Å². The number of rotatable bonds is 8. The van der Waals surface area contributed by atoms with Gasteiger partial charge in [0.2, 0.25) is 5.72 Å². The molecule has 0 aliphatic rings. The highest BCUT2D eigenvalue weighted by Crippen LogP contribution is 2.11. The van der Waals surface area contributed by atoms with Crippen molar-refractivity contribution in [3.05, 3.63) is 35.9 Å². The van der Waals surface area contributed by atoms with Gasteiger partial charge in [0.15, 0.2) is 0 Å². The van der Waals surface area contributed by atoms with Crippen molar-refractivity contribution in [3.63, 3.8) is 0 Å². The number of methoxy groups -OCH3 is 2. The predicted octanol–water partition coefficient (Wildman–Crippen LogP) is 1.33. The fourth-order valence-electron chi connectivity index (χ4n) is 1.69. The van der Waals surface area contributed by atoms with Crippen LogP contribution in [-0.2, 0) is 25.5 Å². The van der Waals surface area contributed by atoms with Gasteiger partial charge in [0.05, 0.1) is 6.61 Å². The van der Waals surface area contributed by atoms with Crippen molar-refractivity contribution in [2.75, 3.05) is 27.4 Å². The van der Waals surface area contributed by atoms with E-state index in [4.69, 9.17) is 14.2 Å². The van der Waals surface area contributed by atoms with E-state index >= 15 is 0 Å². The predicted molar refractivity (Wildman–Crippen MR) is 71.5 cm³/mol. The number of benzene rings is 1. The Morgan fingerprint density at radius 2 is 1.95 bits per heavy atom. The quantitative estimate of drug-likeness (QED) is 0.569. The molecule has 0 spiro atoms. The van der Waals surface area contributed by atoms with Crippen LogP contribution in [0.5, 0.6) is 0 Å². The first-order valence-electron chi connectivity index (χ1n) is 6.18. The average Bonchev–Trinajstić information content (AvgIpc) is 2.45. The lowest BCUT2D eigenvalue weighted by molar-refractivity contribution is -0.181. The molecular formula is C14H21NO4. The summed E-state index contributed by atoms with van der Waals surface area (Å²) >= 11 is 0. The molecule has 0 aromatic heterocycles. The van der Waals surface area contributed by atoms with Gasteiger partial charge in [0, 0.05) is 20.8 Å². The van der Waals surface area contributed by atoms with Crippen molar-refractivity contribution in [1.82, 2.24) is 5.32 Å². The first-order valence-corrected chi connectivity index (χ1v) is 6.18. The molecule has 1 rings (SSSR count). The topological polar surface area (TPSA) is 56.8 Å². The molecular weight excluding hydrogens is 246 g/mol. The molecule has 0 aliphatic heterocycles. The van der Waals surface area contributed by atoms with Crippen molar-refractivity contribution in [3.8, 4) is 0 Å². The lowest BCUT2D eigenvalue weighted by Crippen LogP contribution is -2.57. The Kier molecular flexibility index (Phi) is 6.49. The average molecular weight is 267 g/mol. The lowest BCUT2D eigenvalue weighted by Gasteiger charge is -2.30. The summed E-state index contributed by atoms with van der Waals surface area (Å²) in [4.78, 5) is 12.0. The molecule has 0 aliphatic carbocycles. The number of ether oxygens (including phenoxy) is 3. The van der Waals surface area contributed by atoms with Crippen LogP contribution in [0.1, 0.15) is 12.5 Å². The highest BCUT2D eigenvalue weighted by atomic mass is 16.6. The number of nitrogens with one attached hydrogen (secondary N) is 1. The van der Waals surface area contributed by atoms with Gasteiger partial charge in [-0.25, -0.2) is 4.79 Å². The molecule has 0 saturated heterocycles. The zero-order valence-electron chi connectivity index (χ0n) is 11.6. The van der Waals surface area contributed by atoms with E-state index in [1.165, 1.54) is 14.2 Å². The molecule has 19 heavy (non-hydrogen) atoms. The van der Waals surface area contributed by atoms with Crippen molar-refractivity contribution in [1.29, 1.82) is 0 Å². The Balaban J connectivity index is 2.76. The summed E-state index contributed by atoms with van der Waals surface area (Å²) in [6.45, 7) is 2.61. The first kappa shape index (κ1) is 15.6. The van der Waals surface area contributed by atoms with Crippen LogP contribution < -0.4 is 5.32 Å². The van der Waals surface area contributed by atoms with Crippen molar-refractivity contribution >= 4 is 5.97 Å². The molecule has 5 heteroatoms. The van der Waals surface area contributed by atoms with E-state index in [2.05, 4.69) is 5.32 Å². The van der Waals surface area contributed by atoms with Gasteiger partial charge in [-0.3, -0.25) is 5.32 Å². The lowest BCUT2D eigenvalue weighted by atomic mass is 10.2. The molecule has 0 fully saturated rings. The maximum atomic E-state index is 12.0. The monoisotopic (exact) mass is 267 g/mol. The van der Waals surface area contributed by atoms with Gasteiger partial charge < -0.3 is 14.2 Å². The van der Waals surface area contributed by atoms with Crippen molar-refractivity contribution < 1.29 is 19.0 Å². The van der Waals surface area contributed by atoms with Crippen molar-refractivity contribution in [2.45, 2.75) is 19.2 Å². The molecule has 0 bridgehead atoms. The summed E-state index contributed by atoms with van der Waals surface area (Å²) in [6.07, 6.45) is 0. The number of esters is 1. The second-order valence-electron chi connectivity index (χ2n) is 4.02. The molecule has 1 atom stereocenters. The molecule has 1 aromatic carbocycles. The van der Waals surface area contributed by atoms with Crippen LogP contribution in [0.3, 0.4) is 0 Å². The van der Waals surface area contributed by atoms with Crippen LogP contribution in [-0.4, -0.2) is 39.1 Å². The zero-order valence-corrected chi connectivity index (χ0v) is 11.6. The Morgan fingerprint density at radius 3 is 2.47 bits per heavy atom. The Bertz CT molecular complexity index is 382. The molecule has 5 nitrogen and oxygen atoms in total. The second-order valence-corrected chi connectivity index (χ2v) is 4.02. The van der Waals surface area contributed by atoms with Gasteiger partial charge in [-0.1, -0.05) is 30.3 Å². The van der Waals surface area contributed by atoms with Gasteiger partial charge in [0.1, 0.15) is 6.61 Å². The second kappa shape index (κ2) is 7.89. The van der Waals surface area contributed by atoms with E-state index in [-0.39, 0.29) is 6.61 Å². The molecule has 106 valence electrons. The van der Waals surface area contributed by atoms with Gasteiger partial charge in [-0.2, -0.15) is 0 Å². The molecule has 0 heterocycles.